The van der Waals surface area contributed by atoms with Crippen LogP contribution < -0.4 is 0 Å². The van der Waals surface area contributed by atoms with E-state index in [-0.39, 0.29) is 5.41 Å². The van der Waals surface area contributed by atoms with Crippen molar-refractivity contribution in [3.8, 4) is 67.3 Å². The molecule has 0 amide bonds. The predicted octanol–water partition coefficient (Wildman–Crippen LogP) is 16.5. The number of nitrogens with zero attached hydrogens (tertiary/aromatic N) is 2. The van der Waals surface area contributed by atoms with Gasteiger partial charge in [0.05, 0.1) is 11.4 Å². The van der Waals surface area contributed by atoms with E-state index < -0.39 is 0 Å². The van der Waals surface area contributed by atoms with Gasteiger partial charge in [0, 0.05) is 38.3 Å². The SMILES string of the molecule is CC1(C)c2cc3ccccc3cc2-c2c(-c3cc(-c4ccc(-c5ccccc5-c5cccc6oc7c8ccccc8ccc7c56)c5ccccc45)nc(-c4ccccc4)n3)cccc21. The van der Waals surface area contributed by atoms with Gasteiger partial charge in [-0.05, 0) is 102 Å². The Balaban J connectivity index is 1.01. The third-order valence-electron chi connectivity index (χ3n) is 13.7. The minimum absolute atomic E-state index is 0.171. The highest BCUT2D eigenvalue weighted by atomic mass is 16.3. The fourth-order valence-electron chi connectivity index (χ4n) is 10.6. The second kappa shape index (κ2) is 13.9. The first-order valence-corrected chi connectivity index (χ1v) is 22.1. The zero-order valence-corrected chi connectivity index (χ0v) is 35.4. The lowest BCUT2D eigenvalue weighted by atomic mass is 9.81. The zero-order chi connectivity index (χ0) is 42.5. The van der Waals surface area contributed by atoms with Crippen molar-refractivity contribution < 1.29 is 4.42 Å². The van der Waals surface area contributed by atoms with Crippen LogP contribution in [-0.2, 0) is 5.41 Å². The van der Waals surface area contributed by atoms with Crippen LogP contribution in [0.5, 0.6) is 0 Å². The molecule has 3 nitrogen and oxygen atoms in total. The summed E-state index contributed by atoms with van der Waals surface area (Å²) in [6, 6.07) is 74.2. The van der Waals surface area contributed by atoms with Gasteiger partial charge in [-0.1, -0.05) is 190 Å². The Hall–Kier alpha value is -8.14. The van der Waals surface area contributed by atoms with E-state index >= 15 is 0 Å². The van der Waals surface area contributed by atoms with Gasteiger partial charge >= 0.3 is 0 Å². The molecule has 0 saturated heterocycles. The van der Waals surface area contributed by atoms with Gasteiger partial charge in [-0.3, -0.25) is 0 Å². The number of hydrogen-bond acceptors (Lipinski definition) is 3. The number of hydrogen-bond donors (Lipinski definition) is 0. The molecule has 0 spiro atoms. The normalized spacial score (nSPS) is 13.0. The highest BCUT2D eigenvalue weighted by Gasteiger charge is 2.37. The van der Waals surface area contributed by atoms with Crippen LogP contribution in [0.4, 0.5) is 0 Å². The molecule has 1 aliphatic carbocycles. The number of benzene rings is 10. The van der Waals surface area contributed by atoms with Crippen LogP contribution in [-0.4, -0.2) is 9.97 Å². The summed E-state index contributed by atoms with van der Waals surface area (Å²) < 4.78 is 6.65. The van der Waals surface area contributed by atoms with Gasteiger partial charge in [-0.25, -0.2) is 9.97 Å². The summed E-state index contributed by atoms with van der Waals surface area (Å²) >= 11 is 0. The van der Waals surface area contributed by atoms with Crippen LogP contribution in [0.3, 0.4) is 0 Å². The zero-order valence-electron chi connectivity index (χ0n) is 35.4. The van der Waals surface area contributed by atoms with Gasteiger partial charge in [-0.2, -0.15) is 0 Å². The number of fused-ring (bicyclic) bond motifs is 10. The van der Waals surface area contributed by atoms with Crippen molar-refractivity contribution in [2.75, 3.05) is 0 Å². The molecule has 3 heteroatoms. The first-order valence-electron chi connectivity index (χ1n) is 22.1. The minimum Gasteiger partial charge on any atom is -0.455 e. The Bertz CT molecular complexity index is 3880. The van der Waals surface area contributed by atoms with Gasteiger partial charge in [0.15, 0.2) is 5.82 Å². The lowest BCUT2D eigenvalue weighted by molar-refractivity contribution is 0.661. The first kappa shape index (κ1) is 36.5. The van der Waals surface area contributed by atoms with Gasteiger partial charge in [0.1, 0.15) is 11.2 Å². The molecule has 0 saturated carbocycles. The number of rotatable bonds is 5. The van der Waals surface area contributed by atoms with Crippen LogP contribution in [0.2, 0.25) is 0 Å². The maximum absolute atomic E-state index is 6.65. The molecular formula is C61H40N2O. The van der Waals surface area contributed by atoms with Crippen molar-refractivity contribution in [2.24, 2.45) is 0 Å². The van der Waals surface area contributed by atoms with Gasteiger partial charge in [0.25, 0.3) is 0 Å². The van der Waals surface area contributed by atoms with E-state index in [1.807, 2.05) is 6.07 Å². The Morgan fingerprint density at radius 3 is 1.77 bits per heavy atom. The first-order chi connectivity index (χ1) is 31.5. The van der Waals surface area contributed by atoms with Crippen LogP contribution in [0.25, 0.3) is 122 Å². The van der Waals surface area contributed by atoms with Crippen LogP contribution in [0.15, 0.2) is 211 Å². The molecule has 64 heavy (non-hydrogen) atoms. The fraction of sp³-hybridized carbons (Fsp3) is 0.0492. The average Bonchev–Trinajstić information content (AvgIpc) is 3.85. The van der Waals surface area contributed by atoms with Crippen molar-refractivity contribution in [1.82, 2.24) is 9.97 Å². The molecule has 0 fully saturated rings. The third kappa shape index (κ3) is 5.47. The minimum atomic E-state index is -0.171. The molecule has 10 aromatic carbocycles. The summed E-state index contributed by atoms with van der Waals surface area (Å²) in [6.07, 6.45) is 0. The Labute approximate surface area is 371 Å². The van der Waals surface area contributed by atoms with E-state index in [1.165, 1.54) is 38.4 Å². The van der Waals surface area contributed by atoms with E-state index in [1.54, 1.807) is 0 Å². The highest BCUT2D eigenvalue weighted by Crippen LogP contribution is 2.53. The molecule has 0 N–H and O–H groups in total. The summed E-state index contributed by atoms with van der Waals surface area (Å²) in [5.74, 6) is 0.702. The van der Waals surface area contributed by atoms with Crippen LogP contribution >= 0.6 is 0 Å². The average molecular weight is 817 g/mol. The van der Waals surface area contributed by atoms with Crippen molar-refractivity contribution in [2.45, 2.75) is 19.3 Å². The largest absolute Gasteiger partial charge is 0.455 e. The molecule has 300 valence electrons. The summed E-state index contributed by atoms with van der Waals surface area (Å²) in [6.45, 7) is 4.70. The number of aromatic nitrogens is 2. The quantitative estimate of drug-likeness (QED) is 0.174. The summed E-state index contributed by atoms with van der Waals surface area (Å²) in [7, 11) is 0. The molecule has 0 unspecified atom stereocenters. The summed E-state index contributed by atoms with van der Waals surface area (Å²) in [4.78, 5) is 10.8. The van der Waals surface area contributed by atoms with E-state index in [0.717, 1.165) is 88.4 Å². The molecule has 0 atom stereocenters. The Morgan fingerprint density at radius 1 is 0.375 bits per heavy atom. The summed E-state index contributed by atoms with van der Waals surface area (Å²) in [5.41, 5.74) is 16.4. The topological polar surface area (TPSA) is 38.9 Å². The second-order valence-corrected chi connectivity index (χ2v) is 17.6. The Morgan fingerprint density at radius 2 is 0.969 bits per heavy atom. The molecule has 1 aliphatic rings. The molecule has 12 aromatic rings. The predicted molar refractivity (Wildman–Crippen MR) is 267 cm³/mol. The smallest absolute Gasteiger partial charge is 0.160 e. The lowest BCUT2D eigenvalue weighted by Gasteiger charge is -2.22. The molecule has 0 aliphatic heterocycles. The van der Waals surface area contributed by atoms with E-state index in [4.69, 9.17) is 14.4 Å². The molecular weight excluding hydrogens is 777 g/mol. The third-order valence-corrected chi connectivity index (χ3v) is 13.7. The van der Waals surface area contributed by atoms with E-state index in [9.17, 15) is 0 Å². The lowest BCUT2D eigenvalue weighted by Crippen LogP contribution is -2.14. The van der Waals surface area contributed by atoms with Crippen molar-refractivity contribution >= 4 is 54.3 Å². The molecule has 0 bridgehead atoms. The Kier molecular flexibility index (Phi) is 7.95. The van der Waals surface area contributed by atoms with E-state index in [2.05, 4.69) is 214 Å². The van der Waals surface area contributed by atoms with Crippen LogP contribution in [0, 0.1) is 0 Å². The highest BCUT2D eigenvalue weighted by molar-refractivity contribution is 6.20. The standard InChI is InChI=1S/C61H40N2O/c1-61(2)52-28-14-27-49(57(52)51-34-39-19-6-7-20-40(39)35-53(51)61)55-36-54(62-60(63-55)38-17-4-3-5-18-38)47-33-32-46(42-22-10-12-24-44(42)47)43-23-11-13-25-45(43)48-26-15-29-56-58(48)50-31-30-37-16-8-9-21-41(37)59(50)64-56/h3-36H,1-2H3. The fourth-order valence-corrected chi connectivity index (χ4v) is 10.6. The molecule has 2 aromatic heterocycles. The van der Waals surface area contributed by atoms with Crippen molar-refractivity contribution in [3.05, 3.63) is 217 Å². The molecule has 0 radical (unpaired) electrons. The van der Waals surface area contributed by atoms with Gasteiger partial charge in [-0.15, -0.1) is 0 Å². The van der Waals surface area contributed by atoms with Gasteiger partial charge in [0.2, 0.25) is 0 Å². The van der Waals surface area contributed by atoms with Crippen molar-refractivity contribution in [3.63, 3.8) is 0 Å². The van der Waals surface area contributed by atoms with Gasteiger partial charge < -0.3 is 4.42 Å². The van der Waals surface area contributed by atoms with E-state index in [0.29, 0.717) is 5.82 Å². The van der Waals surface area contributed by atoms with Crippen LogP contribution in [0.1, 0.15) is 25.0 Å². The molecule has 2 heterocycles. The second-order valence-electron chi connectivity index (χ2n) is 17.6. The van der Waals surface area contributed by atoms with Crippen molar-refractivity contribution in [1.29, 1.82) is 0 Å². The molecule has 13 rings (SSSR count). The monoisotopic (exact) mass is 816 g/mol. The maximum Gasteiger partial charge on any atom is 0.160 e. The summed E-state index contributed by atoms with van der Waals surface area (Å²) in [5, 5.41) is 9.34. The maximum atomic E-state index is 6.65. The number of furan rings is 1.